The lowest BCUT2D eigenvalue weighted by Gasteiger charge is -2.13. The lowest BCUT2D eigenvalue weighted by Crippen LogP contribution is -2.37. The van der Waals surface area contributed by atoms with E-state index in [-0.39, 0.29) is 12.5 Å². The highest BCUT2D eigenvalue weighted by Crippen LogP contribution is 2.13. The van der Waals surface area contributed by atoms with E-state index in [9.17, 15) is 4.79 Å². The van der Waals surface area contributed by atoms with Crippen molar-refractivity contribution in [3.8, 4) is 0 Å². The predicted molar refractivity (Wildman–Crippen MR) is 100 cm³/mol. The summed E-state index contributed by atoms with van der Waals surface area (Å²) >= 11 is 8.58. The number of hydrogen-bond acceptors (Lipinski definition) is 4. The van der Waals surface area contributed by atoms with E-state index in [0.717, 1.165) is 29.5 Å². The lowest BCUT2D eigenvalue weighted by atomic mass is 10.1. The summed E-state index contributed by atoms with van der Waals surface area (Å²) in [6.07, 6.45) is 2.62. The average molecular weight is 414 g/mol. The Morgan fingerprint density at radius 2 is 2.12 bits per heavy atom. The molecule has 0 saturated carbocycles. The van der Waals surface area contributed by atoms with Crippen molar-refractivity contribution in [1.29, 1.82) is 0 Å². The summed E-state index contributed by atoms with van der Waals surface area (Å²) in [5, 5.41) is 16.7. The number of nitrogens with one attached hydrogen (secondary N) is 2. The third-order valence-corrected chi connectivity index (χ3v) is 4.32. The van der Waals surface area contributed by atoms with Gasteiger partial charge in [0.2, 0.25) is 0 Å². The van der Waals surface area contributed by atoms with E-state index in [4.69, 9.17) is 22.1 Å². The first kappa shape index (κ1) is 18.8. The molecule has 0 bridgehead atoms. The van der Waals surface area contributed by atoms with Crippen LogP contribution in [0.1, 0.15) is 31.2 Å². The predicted octanol–water partition coefficient (Wildman–Crippen LogP) is 2.66. The van der Waals surface area contributed by atoms with Crippen LogP contribution in [0, 0.1) is 0 Å². The number of carboxylic acids is 1. The summed E-state index contributed by atoms with van der Waals surface area (Å²) in [4.78, 5) is 10.8. The van der Waals surface area contributed by atoms with Crippen LogP contribution in [-0.4, -0.2) is 41.2 Å². The van der Waals surface area contributed by atoms with Gasteiger partial charge in [-0.15, -0.1) is 0 Å². The Hall–Kier alpha value is -1.51. The summed E-state index contributed by atoms with van der Waals surface area (Å²) in [7, 11) is 0. The van der Waals surface area contributed by atoms with Gasteiger partial charge >= 0.3 is 5.97 Å². The second kappa shape index (κ2) is 9.71. The average Bonchev–Trinajstić information content (AvgIpc) is 3.07. The quantitative estimate of drug-likeness (QED) is 0.362. The number of rotatable bonds is 7. The van der Waals surface area contributed by atoms with Crippen LogP contribution in [0.2, 0.25) is 0 Å². The Balaban J connectivity index is 1.94. The van der Waals surface area contributed by atoms with Crippen LogP contribution in [0.3, 0.4) is 0 Å². The SMILES string of the molecule is O=C(O)CC/C(=N/NC(=S)NC[C@@H]1CCCO1)c1ccc(Br)cc1. The molecule has 1 aromatic rings. The molecule has 130 valence electrons. The fraction of sp³-hybridized carbons (Fsp3) is 0.438. The molecule has 8 heteroatoms. The van der Waals surface area contributed by atoms with Crippen LogP contribution in [0.4, 0.5) is 0 Å². The molecule has 6 nitrogen and oxygen atoms in total. The molecule has 0 radical (unpaired) electrons. The number of halogens is 1. The van der Waals surface area contributed by atoms with Gasteiger partial charge in [0.15, 0.2) is 5.11 Å². The molecule has 1 atom stereocenters. The molecule has 1 aromatic carbocycles. The van der Waals surface area contributed by atoms with Gasteiger partial charge in [0.1, 0.15) is 0 Å². The van der Waals surface area contributed by atoms with Gasteiger partial charge in [0, 0.05) is 24.0 Å². The minimum atomic E-state index is -0.862. The van der Waals surface area contributed by atoms with Gasteiger partial charge in [-0.1, -0.05) is 28.1 Å². The molecular weight excluding hydrogens is 394 g/mol. The molecule has 24 heavy (non-hydrogen) atoms. The smallest absolute Gasteiger partial charge is 0.303 e. The first-order chi connectivity index (χ1) is 11.5. The van der Waals surface area contributed by atoms with Crippen LogP contribution in [-0.2, 0) is 9.53 Å². The lowest BCUT2D eigenvalue weighted by molar-refractivity contribution is -0.136. The topological polar surface area (TPSA) is 83.0 Å². The normalized spacial score (nSPS) is 17.5. The number of thiocarbonyl (C=S) groups is 1. The van der Waals surface area contributed by atoms with E-state index in [2.05, 4.69) is 31.8 Å². The molecule has 0 aliphatic carbocycles. The fourth-order valence-corrected chi connectivity index (χ4v) is 2.70. The zero-order chi connectivity index (χ0) is 17.4. The molecule has 1 aliphatic heterocycles. The Morgan fingerprint density at radius 3 is 2.75 bits per heavy atom. The third kappa shape index (κ3) is 6.54. The van der Waals surface area contributed by atoms with Crippen LogP contribution < -0.4 is 10.7 Å². The number of carboxylic acid groups (broad SMARTS) is 1. The summed E-state index contributed by atoms with van der Waals surface area (Å²) in [6.45, 7) is 1.44. The number of aliphatic carboxylic acids is 1. The number of ether oxygens (including phenoxy) is 1. The van der Waals surface area contributed by atoms with E-state index < -0.39 is 5.97 Å². The molecular formula is C16H20BrN3O3S. The van der Waals surface area contributed by atoms with E-state index in [1.807, 2.05) is 24.3 Å². The van der Waals surface area contributed by atoms with Gasteiger partial charge in [-0.25, -0.2) is 0 Å². The summed E-state index contributed by atoms with van der Waals surface area (Å²) in [5.74, 6) is -0.862. The summed E-state index contributed by atoms with van der Waals surface area (Å²) < 4.78 is 6.47. The second-order valence-corrected chi connectivity index (χ2v) is 6.74. The molecule has 0 amide bonds. The monoisotopic (exact) mass is 413 g/mol. The third-order valence-electron chi connectivity index (χ3n) is 3.56. The van der Waals surface area contributed by atoms with Gasteiger partial charge in [-0.05, 0) is 42.8 Å². The number of hydrogen-bond donors (Lipinski definition) is 3. The first-order valence-corrected chi connectivity index (χ1v) is 8.94. The summed E-state index contributed by atoms with van der Waals surface area (Å²) in [6, 6.07) is 7.55. The Bertz CT molecular complexity index is 601. The van der Waals surface area contributed by atoms with E-state index in [1.54, 1.807) is 0 Å². The summed E-state index contributed by atoms with van der Waals surface area (Å²) in [5.41, 5.74) is 4.29. The zero-order valence-corrected chi connectivity index (χ0v) is 15.5. The molecule has 1 fully saturated rings. The van der Waals surface area contributed by atoms with Crippen molar-refractivity contribution < 1.29 is 14.6 Å². The molecule has 0 unspecified atom stereocenters. The van der Waals surface area contributed by atoms with Gasteiger partial charge in [-0.3, -0.25) is 10.2 Å². The molecule has 0 spiro atoms. The minimum Gasteiger partial charge on any atom is -0.481 e. The first-order valence-electron chi connectivity index (χ1n) is 7.74. The molecule has 1 heterocycles. The van der Waals surface area contributed by atoms with Gasteiger partial charge in [0.25, 0.3) is 0 Å². The van der Waals surface area contributed by atoms with Crippen molar-refractivity contribution >= 4 is 44.9 Å². The van der Waals surface area contributed by atoms with Crippen molar-refractivity contribution in [2.75, 3.05) is 13.2 Å². The zero-order valence-electron chi connectivity index (χ0n) is 13.1. The van der Waals surface area contributed by atoms with E-state index in [1.165, 1.54) is 0 Å². The minimum absolute atomic E-state index is 0.00663. The number of benzene rings is 1. The van der Waals surface area contributed by atoms with Crippen LogP contribution >= 0.6 is 28.1 Å². The number of carbonyl (C=O) groups is 1. The maximum Gasteiger partial charge on any atom is 0.303 e. The van der Waals surface area contributed by atoms with Gasteiger partial charge < -0.3 is 15.2 Å². The highest BCUT2D eigenvalue weighted by Gasteiger charge is 2.15. The number of nitrogens with zero attached hydrogens (tertiary/aromatic N) is 1. The van der Waals surface area contributed by atoms with Crippen molar-refractivity contribution in [2.45, 2.75) is 31.8 Å². The fourth-order valence-electron chi connectivity index (χ4n) is 2.30. The van der Waals surface area contributed by atoms with Crippen LogP contribution in [0.25, 0.3) is 0 Å². The number of hydrazone groups is 1. The van der Waals surface area contributed by atoms with Crippen molar-refractivity contribution in [3.63, 3.8) is 0 Å². The molecule has 1 aliphatic rings. The molecule has 3 N–H and O–H groups in total. The Kier molecular flexibility index (Phi) is 7.61. The van der Waals surface area contributed by atoms with Crippen molar-refractivity contribution in [1.82, 2.24) is 10.7 Å². The van der Waals surface area contributed by atoms with E-state index >= 15 is 0 Å². The van der Waals surface area contributed by atoms with Gasteiger partial charge in [0.05, 0.1) is 18.2 Å². The molecule has 1 saturated heterocycles. The van der Waals surface area contributed by atoms with Crippen molar-refractivity contribution in [3.05, 3.63) is 34.3 Å². The van der Waals surface area contributed by atoms with Crippen molar-refractivity contribution in [2.24, 2.45) is 5.10 Å². The Morgan fingerprint density at radius 1 is 1.38 bits per heavy atom. The van der Waals surface area contributed by atoms with E-state index in [0.29, 0.717) is 23.8 Å². The molecule has 2 rings (SSSR count). The Labute approximate surface area is 154 Å². The highest BCUT2D eigenvalue weighted by atomic mass is 79.9. The standard InChI is InChI=1S/C16H20BrN3O3S/c17-12-5-3-11(4-6-12)14(7-8-15(21)22)19-20-16(24)18-10-13-2-1-9-23-13/h3-6,13H,1-2,7-10H2,(H,21,22)(H2,18,20,24)/b19-14-/t13-/m0/s1. The van der Waals surface area contributed by atoms with Crippen LogP contribution in [0.5, 0.6) is 0 Å². The maximum absolute atomic E-state index is 10.8. The maximum atomic E-state index is 10.8. The van der Waals surface area contributed by atoms with Gasteiger partial charge in [-0.2, -0.15) is 5.10 Å². The van der Waals surface area contributed by atoms with Crippen LogP contribution in [0.15, 0.2) is 33.8 Å². The molecule has 0 aromatic heterocycles. The second-order valence-electron chi connectivity index (χ2n) is 5.42. The largest absolute Gasteiger partial charge is 0.481 e. The highest BCUT2D eigenvalue weighted by molar-refractivity contribution is 9.10.